The lowest BCUT2D eigenvalue weighted by Crippen LogP contribution is -2.40. The molecule has 0 aliphatic carbocycles. The molecule has 1 heterocycles. The van der Waals surface area contributed by atoms with Crippen molar-refractivity contribution in [2.75, 3.05) is 65.4 Å². The Labute approximate surface area is 201 Å². The second kappa shape index (κ2) is 25.4. The third kappa shape index (κ3) is 21.6. The summed E-state index contributed by atoms with van der Waals surface area (Å²) in [6.07, 6.45) is 21.6. The van der Waals surface area contributed by atoms with Crippen LogP contribution in [0.2, 0.25) is 0 Å². The van der Waals surface area contributed by atoms with Gasteiger partial charge in [-0.2, -0.15) is 0 Å². The summed E-state index contributed by atoms with van der Waals surface area (Å²) < 4.78 is 0. The molecule has 5 nitrogen and oxygen atoms in total. The van der Waals surface area contributed by atoms with Gasteiger partial charge in [0, 0.05) is 52.4 Å². The Bertz CT molecular complexity index is 337. The molecule has 5 N–H and O–H groups in total. The highest BCUT2D eigenvalue weighted by Gasteiger charge is 2.08. The summed E-state index contributed by atoms with van der Waals surface area (Å²) >= 11 is 0. The summed E-state index contributed by atoms with van der Waals surface area (Å²) in [4.78, 5) is 0. The largest absolute Gasteiger partial charge is 0.315 e. The van der Waals surface area contributed by atoms with Crippen LogP contribution in [-0.2, 0) is 0 Å². The number of nitrogens with one attached hydrogen (secondary N) is 5. The Morgan fingerprint density at radius 2 is 0.719 bits per heavy atom. The Morgan fingerprint density at radius 3 is 1.09 bits per heavy atom. The Morgan fingerprint density at radius 1 is 0.406 bits per heavy atom. The molecule has 0 aromatic carbocycles. The Hall–Kier alpha value is -0.200. The summed E-state index contributed by atoms with van der Waals surface area (Å²) in [6.45, 7) is 13.1. The molecule has 32 heavy (non-hydrogen) atoms. The summed E-state index contributed by atoms with van der Waals surface area (Å²) in [7, 11) is 0. The van der Waals surface area contributed by atoms with Crippen LogP contribution in [0, 0.1) is 5.92 Å². The lowest BCUT2D eigenvalue weighted by molar-refractivity contribution is 0.395. The summed E-state index contributed by atoms with van der Waals surface area (Å²) in [5.41, 5.74) is 0. The van der Waals surface area contributed by atoms with Crippen molar-refractivity contribution in [3.05, 3.63) is 0 Å². The lowest BCUT2D eigenvalue weighted by Gasteiger charge is -2.19. The van der Waals surface area contributed by atoms with Crippen LogP contribution in [0.3, 0.4) is 0 Å². The van der Waals surface area contributed by atoms with Gasteiger partial charge >= 0.3 is 0 Å². The summed E-state index contributed by atoms with van der Waals surface area (Å²) in [6, 6.07) is 0. The van der Waals surface area contributed by atoms with E-state index in [2.05, 4.69) is 33.5 Å². The summed E-state index contributed by atoms with van der Waals surface area (Å²) in [5.74, 6) is 0.766. The van der Waals surface area contributed by atoms with E-state index >= 15 is 0 Å². The number of hydrogen-bond donors (Lipinski definition) is 5. The molecule has 5 heteroatoms. The van der Waals surface area contributed by atoms with E-state index in [0.717, 1.165) is 71.4 Å². The molecule has 1 saturated heterocycles. The van der Waals surface area contributed by atoms with E-state index in [9.17, 15) is 0 Å². The van der Waals surface area contributed by atoms with Crippen molar-refractivity contribution in [2.45, 2.75) is 103 Å². The molecule has 0 atom stereocenters. The van der Waals surface area contributed by atoms with Crippen LogP contribution in [0.5, 0.6) is 0 Å². The van der Waals surface area contributed by atoms with E-state index in [1.54, 1.807) is 0 Å². The van der Waals surface area contributed by atoms with E-state index in [0.29, 0.717) is 0 Å². The van der Waals surface area contributed by atoms with E-state index in [1.165, 1.54) is 96.3 Å². The van der Waals surface area contributed by atoms with Gasteiger partial charge < -0.3 is 26.6 Å². The van der Waals surface area contributed by atoms with Crippen molar-refractivity contribution in [2.24, 2.45) is 5.92 Å². The van der Waals surface area contributed by atoms with Crippen LogP contribution in [0.15, 0.2) is 0 Å². The maximum atomic E-state index is 3.68. The Balaban J connectivity index is 1.97. The molecule has 1 aliphatic rings. The molecule has 0 aromatic heterocycles. The van der Waals surface area contributed by atoms with E-state index in [4.69, 9.17) is 0 Å². The molecule has 0 unspecified atom stereocenters. The van der Waals surface area contributed by atoms with Gasteiger partial charge in [0.05, 0.1) is 0 Å². The van der Waals surface area contributed by atoms with E-state index < -0.39 is 0 Å². The third-order valence-electron chi connectivity index (χ3n) is 6.75. The molecular formula is C27H59N5. The third-order valence-corrected chi connectivity index (χ3v) is 6.75. The second-order valence-electron chi connectivity index (χ2n) is 9.91. The number of unbranched alkanes of at least 4 members (excludes halogenated alkanes) is 13. The molecule has 0 radical (unpaired) electrons. The van der Waals surface area contributed by atoms with Crippen molar-refractivity contribution in [3.63, 3.8) is 0 Å². The standard InChI is InChI=1S/C27H59N5/c1-2-3-4-5-6-7-8-9-10-11-12-13-14-15-16-27-25-31-23-21-29-19-17-28-18-20-30-22-24-32-26-27/h27-32H,2-26H2,1H3. The van der Waals surface area contributed by atoms with Crippen LogP contribution < -0.4 is 26.6 Å². The number of rotatable bonds is 15. The van der Waals surface area contributed by atoms with Gasteiger partial charge in [-0.3, -0.25) is 0 Å². The minimum Gasteiger partial charge on any atom is -0.315 e. The summed E-state index contributed by atoms with van der Waals surface area (Å²) in [5, 5.41) is 17.9. The van der Waals surface area contributed by atoms with Crippen LogP contribution in [0.1, 0.15) is 103 Å². The Kier molecular flexibility index (Phi) is 23.7. The van der Waals surface area contributed by atoms with Gasteiger partial charge in [0.25, 0.3) is 0 Å². The van der Waals surface area contributed by atoms with Gasteiger partial charge in [0.15, 0.2) is 0 Å². The van der Waals surface area contributed by atoms with Crippen LogP contribution in [0.25, 0.3) is 0 Å². The van der Waals surface area contributed by atoms with Crippen LogP contribution >= 0.6 is 0 Å². The predicted octanol–water partition coefficient (Wildman–Crippen LogP) is 4.44. The van der Waals surface area contributed by atoms with E-state index in [1.807, 2.05) is 0 Å². The highest BCUT2D eigenvalue weighted by atomic mass is 15.0. The zero-order valence-corrected chi connectivity index (χ0v) is 21.8. The first-order valence-electron chi connectivity index (χ1n) is 14.5. The van der Waals surface area contributed by atoms with E-state index in [-0.39, 0.29) is 0 Å². The normalized spacial score (nSPS) is 18.7. The maximum absolute atomic E-state index is 3.68. The molecule has 192 valence electrons. The molecule has 1 rings (SSSR count). The number of hydrogen-bond acceptors (Lipinski definition) is 5. The zero-order valence-electron chi connectivity index (χ0n) is 21.8. The monoisotopic (exact) mass is 453 g/mol. The van der Waals surface area contributed by atoms with Crippen LogP contribution in [0.4, 0.5) is 0 Å². The first-order chi connectivity index (χ1) is 15.9. The molecular weight excluding hydrogens is 394 g/mol. The first-order valence-corrected chi connectivity index (χ1v) is 14.5. The fourth-order valence-electron chi connectivity index (χ4n) is 4.60. The fraction of sp³-hybridized carbons (Fsp3) is 1.00. The van der Waals surface area contributed by atoms with Gasteiger partial charge in [0.1, 0.15) is 0 Å². The van der Waals surface area contributed by atoms with Crippen molar-refractivity contribution >= 4 is 0 Å². The molecule has 0 bridgehead atoms. The SMILES string of the molecule is CCCCCCCCCCCCCCCCC1CNCCNCCNCCNCCNC1. The molecule has 1 aliphatic heterocycles. The zero-order chi connectivity index (χ0) is 22.8. The first kappa shape index (κ1) is 29.8. The predicted molar refractivity (Wildman–Crippen MR) is 143 cm³/mol. The van der Waals surface area contributed by atoms with Gasteiger partial charge in [-0.1, -0.05) is 96.8 Å². The average molecular weight is 454 g/mol. The van der Waals surface area contributed by atoms with Gasteiger partial charge in [-0.25, -0.2) is 0 Å². The van der Waals surface area contributed by atoms with Crippen molar-refractivity contribution in [3.8, 4) is 0 Å². The highest BCUT2D eigenvalue weighted by molar-refractivity contribution is 4.68. The minimum absolute atomic E-state index is 0.766. The maximum Gasteiger partial charge on any atom is 0.00772 e. The van der Waals surface area contributed by atoms with Crippen LogP contribution in [-0.4, -0.2) is 65.4 Å². The molecule has 0 amide bonds. The topological polar surface area (TPSA) is 60.1 Å². The average Bonchev–Trinajstić information content (AvgIpc) is 2.80. The lowest BCUT2D eigenvalue weighted by atomic mass is 9.99. The molecule has 0 spiro atoms. The quantitative estimate of drug-likeness (QED) is 0.237. The van der Waals surface area contributed by atoms with Gasteiger partial charge in [-0.05, 0) is 25.4 Å². The fourth-order valence-corrected chi connectivity index (χ4v) is 4.60. The molecule has 0 aromatic rings. The molecule has 1 fully saturated rings. The van der Waals surface area contributed by atoms with Crippen molar-refractivity contribution < 1.29 is 0 Å². The van der Waals surface area contributed by atoms with Gasteiger partial charge in [-0.15, -0.1) is 0 Å². The minimum atomic E-state index is 0.766. The highest BCUT2D eigenvalue weighted by Crippen LogP contribution is 2.14. The second-order valence-corrected chi connectivity index (χ2v) is 9.91. The van der Waals surface area contributed by atoms with Crippen molar-refractivity contribution in [1.82, 2.24) is 26.6 Å². The molecule has 0 saturated carbocycles. The van der Waals surface area contributed by atoms with Crippen molar-refractivity contribution in [1.29, 1.82) is 0 Å². The smallest absolute Gasteiger partial charge is 0.00772 e. The van der Waals surface area contributed by atoms with Gasteiger partial charge in [0.2, 0.25) is 0 Å².